The largest absolute Gasteiger partial charge is 0.344 e. The number of carbonyl (C=O) groups is 1. The second-order valence-electron chi connectivity index (χ2n) is 7.59. The number of fused-ring (bicyclic) bond motifs is 1. The van der Waals surface area contributed by atoms with E-state index < -0.39 is 0 Å². The minimum atomic E-state index is -0.276. The number of hydrogen-bond acceptors (Lipinski definition) is 6. The average Bonchev–Trinajstić information content (AvgIpc) is 3.39. The average molecular weight is 468 g/mol. The topological polar surface area (TPSA) is 54.3 Å². The zero-order valence-electron chi connectivity index (χ0n) is 17.6. The first kappa shape index (κ1) is 21.0. The molecule has 0 radical (unpaired) electrons. The Bertz CT molecular complexity index is 1230. The summed E-state index contributed by atoms with van der Waals surface area (Å²) in [5.74, 6) is 0.353. The van der Waals surface area contributed by atoms with Crippen LogP contribution >= 0.6 is 23.1 Å². The third kappa shape index (κ3) is 4.22. The van der Waals surface area contributed by atoms with E-state index in [2.05, 4.69) is 10.00 Å². The van der Waals surface area contributed by atoms with E-state index in [0.717, 1.165) is 44.8 Å². The molecule has 5 rings (SSSR count). The van der Waals surface area contributed by atoms with Gasteiger partial charge in [-0.05, 0) is 43.3 Å². The lowest BCUT2D eigenvalue weighted by Crippen LogP contribution is -2.49. The van der Waals surface area contributed by atoms with Gasteiger partial charge in [-0.15, -0.1) is 11.8 Å². The Morgan fingerprint density at radius 2 is 1.78 bits per heavy atom. The van der Waals surface area contributed by atoms with Crippen LogP contribution in [0.3, 0.4) is 0 Å². The zero-order valence-corrected chi connectivity index (χ0v) is 19.2. The molecule has 0 N–H and O–H groups in total. The van der Waals surface area contributed by atoms with Gasteiger partial charge in [0.25, 0.3) is 0 Å². The van der Waals surface area contributed by atoms with Gasteiger partial charge in [0.05, 0.1) is 21.8 Å². The first-order chi connectivity index (χ1) is 15.6. The second-order valence-corrected chi connectivity index (χ2v) is 9.62. The Hall–Kier alpha value is -2.91. The minimum Gasteiger partial charge on any atom is -0.344 e. The molecule has 0 saturated carbocycles. The molecule has 3 heterocycles. The first-order valence-electron chi connectivity index (χ1n) is 10.4. The van der Waals surface area contributed by atoms with Crippen molar-refractivity contribution in [2.45, 2.75) is 11.8 Å². The van der Waals surface area contributed by atoms with Crippen LogP contribution in [0.1, 0.15) is 5.69 Å². The minimum absolute atomic E-state index is 0.172. The lowest BCUT2D eigenvalue weighted by atomic mass is 10.3. The van der Waals surface area contributed by atoms with Crippen molar-refractivity contribution < 1.29 is 9.18 Å². The summed E-state index contributed by atoms with van der Waals surface area (Å²) in [4.78, 5) is 22.7. The van der Waals surface area contributed by atoms with Crippen molar-refractivity contribution in [3.8, 4) is 5.69 Å². The highest BCUT2D eigenvalue weighted by molar-refractivity contribution is 8.00. The van der Waals surface area contributed by atoms with E-state index in [-0.39, 0.29) is 11.7 Å². The number of piperazine rings is 1. The predicted molar refractivity (Wildman–Crippen MR) is 127 cm³/mol. The molecule has 0 atom stereocenters. The molecule has 0 aliphatic carbocycles. The fourth-order valence-electron chi connectivity index (χ4n) is 3.72. The molecule has 6 nitrogen and oxygen atoms in total. The predicted octanol–water partition coefficient (Wildman–Crippen LogP) is 4.37. The highest BCUT2D eigenvalue weighted by atomic mass is 32.2. The van der Waals surface area contributed by atoms with Crippen LogP contribution in [0.5, 0.6) is 0 Å². The zero-order chi connectivity index (χ0) is 22.1. The third-order valence-electron chi connectivity index (χ3n) is 5.46. The van der Waals surface area contributed by atoms with Crippen LogP contribution in [0, 0.1) is 12.7 Å². The number of halogens is 1. The number of thiazole rings is 1. The number of thioether (sulfide) groups is 1. The number of nitrogens with zero attached hydrogens (tertiary/aromatic N) is 5. The van der Waals surface area contributed by atoms with E-state index in [4.69, 9.17) is 4.98 Å². The molecule has 4 aromatic rings. The number of amides is 1. The van der Waals surface area contributed by atoms with Crippen LogP contribution in [0.25, 0.3) is 16.0 Å². The summed E-state index contributed by atoms with van der Waals surface area (Å²) in [6.45, 7) is 4.84. The molecule has 1 aliphatic heterocycles. The Morgan fingerprint density at radius 3 is 2.50 bits per heavy atom. The fourth-order valence-corrected chi connectivity index (χ4v) is 5.58. The van der Waals surface area contributed by atoms with E-state index >= 15 is 0 Å². The Balaban J connectivity index is 1.25. The van der Waals surface area contributed by atoms with Crippen molar-refractivity contribution in [3.05, 3.63) is 66.1 Å². The normalized spacial score (nSPS) is 14.3. The van der Waals surface area contributed by atoms with Gasteiger partial charge < -0.3 is 9.80 Å². The number of aryl methyl sites for hydroxylation is 1. The molecule has 2 aromatic carbocycles. The lowest BCUT2D eigenvalue weighted by Gasteiger charge is -2.34. The second kappa shape index (κ2) is 8.91. The van der Waals surface area contributed by atoms with Gasteiger partial charge >= 0.3 is 0 Å². The summed E-state index contributed by atoms with van der Waals surface area (Å²) in [6.07, 6.45) is 0. The molecule has 0 spiro atoms. The van der Waals surface area contributed by atoms with Crippen LogP contribution in [0.2, 0.25) is 0 Å². The summed E-state index contributed by atoms with van der Waals surface area (Å²) in [5, 5.41) is 5.52. The summed E-state index contributed by atoms with van der Waals surface area (Å²) in [6, 6.07) is 16.3. The van der Waals surface area contributed by atoms with Crippen molar-refractivity contribution in [2.24, 2.45) is 0 Å². The van der Waals surface area contributed by atoms with E-state index in [1.165, 1.54) is 12.1 Å². The molecule has 2 aromatic heterocycles. The number of carbonyl (C=O) groups excluding carboxylic acids is 1. The highest BCUT2D eigenvalue weighted by Gasteiger charge is 2.24. The van der Waals surface area contributed by atoms with Crippen molar-refractivity contribution in [2.75, 3.05) is 36.8 Å². The van der Waals surface area contributed by atoms with Crippen molar-refractivity contribution in [3.63, 3.8) is 0 Å². The summed E-state index contributed by atoms with van der Waals surface area (Å²) in [5.41, 5.74) is 2.47. The van der Waals surface area contributed by atoms with Crippen LogP contribution in [-0.2, 0) is 4.79 Å². The molecule has 9 heteroatoms. The maximum absolute atomic E-state index is 13.3. The van der Waals surface area contributed by atoms with E-state index in [1.54, 1.807) is 39.9 Å². The molecule has 1 saturated heterocycles. The summed E-state index contributed by atoms with van der Waals surface area (Å²) < 4.78 is 16.1. The maximum Gasteiger partial charge on any atom is 0.233 e. The van der Waals surface area contributed by atoms with Gasteiger partial charge in [-0.3, -0.25) is 4.79 Å². The van der Waals surface area contributed by atoms with Crippen LogP contribution < -0.4 is 4.90 Å². The first-order valence-corrected chi connectivity index (χ1v) is 12.2. The van der Waals surface area contributed by atoms with Crippen LogP contribution in [-0.4, -0.2) is 57.5 Å². The molecule has 1 aliphatic rings. The van der Waals surface area contributed by atoms with Gasteiger partial charge in [0, 0.05) is 31.1 Å². The van der Waals surface area contributed by atoms with Gasteiger partial charge in [-0.2, -0.15) is 10.1 Å². The molecule has 164 valence electrons. The number of aromatic nitrogens is 3. The van der Waals surface area contributed by atoms with Crippen molar-refractivity contribution >= 4 is 44.5 Å². The monoisotopic (exact) mass is 467 g/mol. The Labute approximate surface area is 193 Å². The van der Waals surface area contributed by atoms with Gasteiger partial charge in [0.2, 0.25) is 5.91 Å². The Morgan fingerprint density at radius 1 is 1.06 bits per heavy atom. The molecule has 32 heavy (non-hydrogen) atoms. The maximum atomic E-state index is 13.3. The number of benzene rings is 2. The molecule has 1 amide bonds. The SMILES string of the molecule is Cc1nn(-c2ccc(F)cc2)c2nc(N3CCN(C(=O)CSc4ccccc4)CC3)sc12. The van der Waals surface area contributed by atoms with E-state index in [1.807, 2.05) is 42.2 Å². The molecule has 1 fully saturated rings. The summed E-state index contributed by atoms with van der Waals surface area (Å²) in [7, 11) is 0. The summed E-state index contributed by atoms with van der Waals surface area (Å²) >= 11 is 3.19. The van der Waals surface area contributed by atoms with Gasteiger partial charge in [-0.25, -0.2) is 9.07 Å². The molecular formula is C23H22FN5OS2. The standard InChI is InChI=1S/C23H22FN5OS2/c1-16-21-22(29(26-16)18-9-7-17(24)8-10-18)25-23(32-21)28-13-11-27(12-14-28)20(30)15-31-19-5-3-2-4-6-19/h2-10H,11-15H2,1H3. The molecule has 0 bridgehead atoms. The van der Waals surface area contributed by atoms with Gasteiger partial charge in [0.15, 0.2) is 10.8 Å². The lowest BCUT2D eigenvalue weighted by molar-refractivity contribution is -0.128. The van der Waals surface area contributed by atoms with E-state index in [9.17, 15) is 9.18 Å². The molecule has 0 unspecified atom stereocenters. The smallest absolute Gasteiger partial charge is 0.233 e. The number of rotatable bonds is 5. The van der Waals surface area contributed by atoms with Crippen LogP contribution in [0.4, 0.5) is 9.52 Å². The van der Waals surface area contributed by atoms with E-state index in [0.29, 0.717) is 18.8 Å². The van der Waals surface area contributed by atoms with Crippen LogP contribution in [0.15, 0.2) is 59.5 Å². The van der Waals surface area contributed by atoms with Gasteiger partial charge in [-0.1, -0.05) is 29.5 Å². The number of hydrogen-bond donors (Lipinski definition) is 0. The highest BCUT2D eigenvalue weighted by Crippen LogP contribution is 2.33. The van der Waals surface area contributed by atoms with Crippen molar-refractivity contribution in [1.82, 2.24) is 19.7 Å². The molecular weight excluding hydrogens is 445 g/mol. The quantitative estimate of drug-likeness (QED) is 0.408. The Kier molecular flexibility index (Phi) is 5.84. The number of anilines is 1. The van der Waals surface area contributed by atoms with Gasteiger partial charge in [0.1, 0.15) is 5.82 Å². The third-order valence-corrected chi connectivity index (χ3v) is 7.67. The van der Waals surface area contributed by atoms with Crippen molar-refractivity contribution in [1.29, 1.82) is 0 Å². The fraction of sp³-hybridized carbons (Fsp3) is 0.261.